The van der Waals surface area contributed by atoms with Crippen molar-refractivity contribution in [2.24, 2.45) is 0 Å². The van der Waals surface area contributed by atoms with E-state index in [9.17, 15) is 0 Å². The van der Waals surface area contributed by atoms with Crippen molar-refractivity contribution in [2.45, 2.75) is 0 Å². The van der Waals surface area contributed by atoms with Gasteiger partial charge in [-0.1, -0.05) is 12.1 Å². The van der Waals surface area contributed by atoms with Gasteiger partial charge in [0.2, 0.25) is 0 Å². The molecule has 1 nitrogen and oxygen atoms in total. The van der Waals surface area contributed by atoms with Crippen LogP contribution in [0.2, 0.25) is 5.02 Å². The molecule has 2 aromatic rings. The topological polar surface area (TPSA) is 12.9 Å². The zero-order chi connectivity index (χ0) is 9.10. The predicted molar refractivity (Wildman–Crippen MR) is 53.5 cm³/mol. The summed E-state index contributed by atoms with van der Waals surface area (Å²) in [5, 5.41) is 0.708. The number of pyridine rings is 1. The number of nitrogens with zero attached hydrogens (tertiary/aromatic N) is 1. The maximum atomic E-state index is 5.85. The Morgan fingerprint density at radius 3 is 2.71 bits per heavy atom. The summed E-state index contributed by atoms with van der Waals surface area (Å²) in [5.41, 5.74) is 1.82. The standard InChI is InChI=1S/C11H7ClN.Ir/c12-10-5-3-4-9(8-10)11-6-1-2-7-13-11;/h1-3,5-8H;/q-1;. The van der Waals surface area contributed by atoms with Crippen LogP contribution in [0.5, 0.6) is 0 Å². The molecule has 0 bridgehead atoms. The summed E-state index contributed by atoms with van der Waals surface area (Å²) in [7, 11) is 0. The zero-order valence-electron chi connectivity index (χ0n) is 7.20. The number of halogens is 1. The maximum absolute atomic E-state index is 5.85. The molecule has 0 fully saturated rings. The Balaban J connectivity index is 0.000000980. The second kappa shape index (κ2) is 5.25. The van der Waals surface area contributed by atoms with Crippen molar-refractivity contribution in [3.05, 3.63) is 53.7 Å². The van der Waals surface area contributed by atoms with Crippen LogP contribution in [0.4, 0.5) is 0 Å². The first kappa shape index (κ1) is 11.4. The van der Waals surface area contributed by atoms with Gasteiger partial charge in [0.1, 0.15) is 0 Å². The van der Waals surface area contributed by atoms with Crippen LogP contribution in [-0.2, 0) is 20.1 Å². The molecule has 1 aromatic carbocycles. The van der Waals surface area contributed by atoms with Crippen LogP contribution in [0.15, 0.2) is 42.6 Å². The van der Waals surface area contributed by atoms with Gasteiger partial charge < -0.3 is 4.98 Å². The normalized spacial score (nSPS) is 9.21. The van der Waals surface area contributed by atoms with Crippen LogP contribution in [0.25, 0.3) is 11.3 Å². The Hall–Kier alpha value is -0.691. The zero-order valence-corrected chi connectivity index (χ0v) is 10.4. The van der Waals surface area contributed by atoms with Crippen molar-refractivity contribution in [2.75, 3.05) is 0 Å². The third-order valence-corrected chi connectivity index (χ3v) is 1.94. The van der Waals surface area contributed by atoms with Crippen LogP contribution in [0.3, 0.4) is 0 Å². The molecule has 1 heterocycles. The molecule has 0 unspecified atom stereocenters. The van der Waals surface area contributed by atoms with Crippen LogP contribution in [0, 0.1) is 6.07 Å². The van der Waals surface area contributed by atoms with Gasteiger partial charge in [0.15, 0.2) is 0 Å². The molecule has 0 saturated heterocycles. The van der Waals surface area contributed by atoms with Gasteiger partial charge in [-0.2, -0.15) is 0 Å². The monoisotopic (exact) mass is 381 g/mol. The van der Waals surface area contributed by atoms with Crippen molar-refractivity contribution >= 4 is 11.6 Å². The second-order valence-corrected chi connectivity index (χ2v) is 3.07. The molecule has 0 spiro atoms. The van der Waals surface area contributed by atoms with Crippen molar-refractivity contribution < 1.29 is 20.1 Å². The van der Waals surface area contributed by atoms with Crippen molar-refractivity contribution in [3.63, 3.8) is 0 Å². The summed E-state index contributed by atoms with van der Waals surface area (Å²) in [6, 6.07) is 14.3. The quantitative estimate of drug-likeness (QED) is 0.692. The van der Waals surface area contributed by atoms with Crippen LogP contribution in [-0.4, -0.2) is 4.98 Å². The third-order valence-electron chi connectivity index (χ3n) is 1.70. The van der Waals surface area contributed by atoms with E-state index < -0.39 is 0 Å². The van der Waals surface area contributed by atoms with Gasteiger partial charge >= 0.3 is 0 Å². The van der Waals surface area contributed by atoms with Crippen LogP contribution in [0.1, 0.15) is 0 Å². The van der Waals surface area contributed by atoms with Gasteiger partial charge in [-0.3, -0.25) is 0 Å². The smallest absolute Gasteiger partial charge is 0.0160 e. The molecule has 3 heteroatoms. The van der Waals surface area contributed by atoms with Crippen molar-refractivity contribution in [1.29, 1.82) is 0 Å². The fraction of sp³-hybridized carbons (Fsp3) is 0. The summed E-state index contributed by atoms with van der Waals surface area (Å²) < 4.78 is 0. The van der Waals surface area contributed by atoms with Gasteiger partial charge in [-0.05, 0) is 16.8 Å². The van der Waals surface area contributed by atoms with Gasteiger partial charge in [-0.25, -0.2) is 0 Å². The van der Waals surface area contributed by atoms with E-state index in [0.717, 1.165) is 11.3 Å². The van der Waals surface area contributed by atoms with E-state index in [1.54, 1.807) is 18.3 Å². The minimum absolute atomic E-state index is 0. The average Bonchev–Trinajstić information content (AvgIpc) is 2.19. The second-order valence-electron chi connectivity index (χ2n) is 2.64. The van der Waals surface area contributed by atoms with Crippen molar-refractivity contribution in [1.82, 2.24) is 4.98 Å². The molecular weight excluding hydrogens is 374 g/mol. The number of rotatable bonds is 1. The first-order chi connectivity index (χ1) is 6.36. The Kier molecular flexibility index (Phi) is 4.27. The fourth-order valence-corrected chi connectivity index (χ4v) is 1.28. The van der Waals surface area contributed by atoms with Crippen molar-refractivity contribution in [3.8, 4) is 11.3 Å². The Morgan fingerprint density at radius 2 is 2.07 bits per heavy atom. The van der Waals surface area contributed by atoms with Crippen LogP contribution < -0.4 is 0 Å². The maximum Gasteiger partial charge on any atom is 0.0160 e. The largest absolute Gasteiger partial charge is 0.305 e. The molecule has 73 valence electrons. The molecule has 2 rings (SSSR count). The Morgan fingerprint density at radius 1 is 1.21 bits per heavy atom. The van der Waals surface area contributed by atoms with Gasteiger partial charge in [-0.15, -0.1) is 41.4 Å². The molecule has 1 radical (unpaired) electrons. The molecule has 0 aliphatic carbocycles. The molecule has 14 heavy (non-hydrogen) atoms. The summed E-state index contributed by atoms with van der Waals surface area (Å²) in [6.07, 6.45) is 1.75. The SMILES string of the molecule is Clc1cc[c-]c(-c2ccccn2)c1.[Ir]. The molecule has 0 aliphatic rings. The summed E-state index contributed by atoms with van der Waals surface area (Å²) in [4.78, 5) is 4.20. The molecule has 0 aliphatic heterocycles. The van der Waals surface area contributed by atoms with E-state index in [1.807, 2.05) is 24.3 Å². The van der Waals surface area contributed by atoms with Gasteiger partial charge in [0.05, 0.1) is 0 Å². The summed E-state index contributed by atoms with van der Waals surface area (Å²) in [5.74, 6) is 0. The third kappa shape index (κ3) is 2.65. The van der Waals surface area contributed by atoms with E-state index in [2.05, 4.69) is 11.1 Å². The minimum Gasteiger partial charge on any atom is -0.305 e. The fourth-order valence-electron chi connectivity index (χ4n) is 1.11. The first-order valence-electron chi connectivity index (χ1n) is 3.95. The molecule has 0 saturated carbocycles. The number of hydrogen-bond donors (Lipinski definition) is 0. The molecule has 1 aromatic heterocycles. The first-order valence-corrected chi connectivity index (χ1v) is 4.33. The Bertz CT molecular complexity index is 403. The van der Waals surface area contributed by atoms with E-state index in [0.29, 0.717) is 5.02 Å². The van der Waals surface area contributed by atoms with E-state index in [-0.39, 0.29) is 20.1 Å². The number of aromatic nitrogens is 1. The average molecular weight is 381 g/mol. The Labute approximate surface area is 101 Å². The summed E-state index contributed by atoms with van der Waals surface area (Å²) in [6.45, 7) is 0. The van der Waals surface area contributed by atoms with E-state index in [4.69, 9.17) is 11.6 Å². The molecule has 0 atom stereocenters. The molecular formula is C11H7ClIrN-. The van der Waals surface area contributed by atoms with Gasteiger partial charge in [0.25, 0.3) is 0 Å². The van der Waals surface area contributed by atoms with Gasteiger partial charge in [0, 0.05) is 26.3 Å². The van der Waals surface area contributed by atoms with E-state index >= 15 is 0 Å². The molecule has 0 N–H and O–H groups in total. The number of benzene rings is 1. The van der Waals surface area contributed by atoms with Crippen LogP contribution >= 0.6 is 11.6 Å². The minimum atomic E-state index is 0. The van der Waals surface area contributed by atoms with E-state index in [1.165, 1.54) is 0 Å². The number of hydrogen-bond acceptors (Lipinski definition) is 1. The molecule has 0 amide bonds. The predicted octanol–water partition coefficient (Wildman–Crippen LogP) is 3.20. The summed E-state index contributed by atoms with van der Waals surface area (Å²) >= 11 is 5.85.